The van der Waals surface area contributed by atoms with Crippen LogP contribution < -0.4 is 38.5 Å². The van der Waals surface area contributed by atoms with Gasteiger partial charge in [0, 0.05) is 226 Å². The maximum Gasteiger partial charge on any atom is 0.269 e. The summed E-state index contributed by atoms with van der Waals surface area (Å²) in [6, 6.07) is 102. The maximum atomic E-state index is 12.7. The molecule has 18 aromatic rings. The highest BCUT2D eigenvalue weighted by molar-refractivity contribution is 8.00. The van der Waals surface area contributed by atoms with Gasteiger partial charge in [0.15, 0.2) is 0 Å². The van der Waals surface area contributed by atoms with Crippen LogP contribution in [0.15, 0.2) is 458 Å². The van der Waals surface area contributed by atoms with E-state index in [1.54, 1.807) is 164 Å². The van der Waals surface area contributed by atoms with Crippen molar-refractivity contribution in [2.24, 2.45) is 0 Å². The summed E-state index contributed by atoms with van der Waals surface area (Å²) in [4.78, 5) is 105. The van der Waals surface area contributed by atoms with Crippen LogP contribution in [0.3, 0.4) is 0 Å². The van der Waals surface area contributed by atoms with Gasteiger partial charge in [-0.3, -0.25) is 74.3 Å². The number of hydrogen-bond acceptors (Lipinski definition) is 24. The van der Waals surface area contributed by atoms with Gasteiger partial charge in [0.1, 0.15) is 0 Å². The van der Waals surface area contributed by atoms with Crippen molar-refractivity contribution in [2.45, 2.75) is 66.3 Å². The molecule has 0 aliphatic carbocycles. The van der Waals surface area contributed by atoms with E-state index >= 15 is 0 Å². The number of anilines is 8. The molecular formula is C104H94Cl6N16O8S5. The van der Waals surface area contributed by atoms with E-state index in [0.29, 0.717) is 28.1 Å². The van der Waals surface area contributed by atoms with Crippen molar-refractivity contribution < 1.29 is 29.0 Å². The average molecular weight is 2070 g/mol. The number of hydrogen-bond donors (Lipinski definition) is 8. The van der Waals surface area contributed by atoms with E-state index in [2.05, 4.69) is 68.8 Å². The molecule has 710 valence electrons. The number of nitrogen functional groups attached to an aromatic ring is 3. The van der Waals surface area contributed by atoms with Gasteiger partial charge in [-0.25, -0.2) is 0 Å². The lowest BCUT2D eigenvalue weighted by molar-refractivity contribution is -0.385. The summed E-state index contributed by atoms with van der Waals surface area (Å²) in [5, 5.41) is 35.7. The number of carbonyl (C=O) groups is 4. The molecule has 0 spiro atoms. The number of rotatable bonds is 19. The molecule has 0 bridgehead atoms. The molecule has 0 saturated carbocycles. The number of pyridine rings is 7. The standard InChI is InChI=1S/C27H20N4OS.C18H13N3O3S.C18H15N3OS.C11H10N2S.C9H6ClN.C7H4ClNO3.C6H7NS.C5H4ClN.3CH4.3ClH/c32-27(31-21-9-11-22(12-10-21)33-23-13-16-28-17-14-23)19-5-7-20(8-6-19)30-26-15-18-29-25-4-2-1-3-24(25)26;22-18(13-1-5-15(6-2-13)21(23)24)20-14-3-7-16(8-4-14)25-17-9-11-19-12-10-17;19-14-3-1-13(2-4-14)18(22)21-15-5-7-16(8-6-15)23-17-9-11-20-12-10-17;12-9-1-3-10(4-2-9)14-11-5-7-13-8-6-11;10-8-5-6-11-9-4-2-1-3-7(8)9;8-7(10)5-1-3-6(4-2-5)9(11)12;7-5-1-3-6(8)4-2-5;6-5-1-3-7-4-2-5;;;;;;/h1-18H,(H,29,30)(H,31,32);1-12H,(H,20,22);1-12H,19H2,(H,21,22);1-8H,12H2;1-6H;1-4H;1-4,8H,7H2;1-4H;3*1H4;3*1H. The molecule has 35 heteroatoms. The SMILES string of the molecule is C.C.C.Cl.Cl.Cl.Clc1ccnc2ccccc12.Clc1ccncc1.Nc1ccc(C(=O)Nc2ccc(Sc3ccncc3)cc2)cc1.Nc1ccc(S)cc1.Nc1ccc(Sc2ccncc2)cc1.O=C(Cl)c1ccc([N+](=O)[O-])cc1.O=C(Nc1ccc(Sc2ccncc2)cc1)c1ccc(Nc2ccnc3ccccc23)cc1.O=C(Nc1ccc(Sc2ccncc2)cc1)c1ccc([N+](=O)[O-])cc1. The number of benzene rings is 11. The summed E-state index contributed by atoms with van der Waals surface area (Å²) < 4.78 is 0. The third-order valence-corrected chi connectivity index (χ3v) is 22.9. The van der Waals surface area contributed by atoms with Crippen LogP contribution in [0.2, 0.25) is 10.0 Å². The highest BCUT2D eigenvalue weighted by Gasteiger charge is 2.14. The van der Waals surface area contributed by atoms with E-state index in [4.69, 9.17) is 52.0 Å². The van der Waals surface area contributed by atoms with Crippen LogP contribution in [0.5, 0.6) is 0 Å². The minimum absolute atomic E-state index is 0. The van der Waals surface area contributed by atoms with E-state index in [1.807, 2.05) is 249 Å². The first-order valence-electron chi connectivity index (χ1n) is 39.8. The quantitative estimate of drug-likeness (QED) is 0.0123. The van der Waals surface area contributed by atoms with Crippen molar-refractivity contribution >= 4 is 233 Å². The van der Waals surface area contributed by atoms with Crippen molar-refractivity contribution in [3.8, 4) is 0 Å². The normalized spacial score (nSPS) is 9.67. The van der Waals surface area contributed by atoms with Crippen molar-refractivity contribution in [2.75, 3.05) is 38.5 Å². The van der Waals surface area contributed by atoms with Gasteiger partial charge in [0.2, 0.25) is 0 Å². The number of aromatic nitrogens is 7. The second kappa shape index (κ2) is 61.6. The summed E-state index contributed by atoms with van der Waals surface area (Å²) >= 11 is 27.2. The highest BCUT2D eigenvalue weighted by Crippen LogP contribution is 2.34. The number of amides is 3. The number of nitrogens with two attached hydrogens (primary N) is 3. The highest BCUT2D eigenvalue weighted by atomic mass is 35.5. The number of nitro groups is 2. The van der Waals surface area contributed by atoms with Gasteiger partial charge in [-0.15, -0.1) is 49.8 Å². The summed E-state index contributed by atoms with van der Waals surface area (Å²) in [5.74, 6) is -0.616. The smallest absolute Gasteiger partial charge is 0.269 e. The summed E-state index contributed by atoms with van der Waals surface area (Å²) in [6.07, 6.45) is 20.9. The largest absolute Gasteiger partial charge is 0.399 e. The van der Waals surface area contributed by atoms with Gasteiger partial charge in [0.05, 0.1) is 25.9 Å². The van der Waals surface area contributed by atoms with Crippen molar-refractivity contribution in [1.29, 1.82) is 0 Å². The van der Waals surface area contributed by atoms with Crippen molar-refractivity contribution in [1.82, 2.24) is 34.9 Å². The van der Waals surface area contributed by atoms with Crippen molar-refractivity contribution in [3.63, 3.8) is 0 Å². The Morgan fingerprint density at radius 2 is 0.576 bits per heavy atom. The van der Waals surface area contributed by atoms with Gasteiger partial charge in [-0.1, -0.05) is 129 Å². The lowest BCUT2D eigenvalue weighted by Gasteiger charge is -2.10. The number of nitrogens with one attached hydrogen (secondary N) is 4. The predicted molar refractivity (Wildman–Crippen MR) is 582 cm³/mol. The van der Waals surface area contributed by atoms with Crippen LogP contribution in [0, 0.1) is 20.2 Å². The summed E-state index contributed by atoms with van der Waals surface area (Å²) in [6.45, 7) is 0. The van der Waals surface area contributed by atoms with E-state index in [9.17, 15) is 39.4 Å². The molecule has 0 saturated heterocycles. The zero-order valence-electron chi connectivity index (χ0n) is 71.2. The second-order valence-corrected chi connectivity index (χ2v) is 33.6. The first-order valence-corrected chi connectivity index (χ1v) is 44.7. The number of fused-ring (bicyclic) bond motifs is 2. The Balaban J connectivity index is 0.000000292. The minimum Gasteiger partial charge on any atom is -0.399 e. The van der Waals surface area contributed by atoms with Crippen LogP contribution in [0.4, 0.5) is 56.9 Å². The Hall–Kier alpha value is -14.4. The number of nitrogens with zero attached hydrogens (tertiary/aromatic N) is 9. The van der Waals surface area contributed by atoms with Gasteiger partial charge in [0.25, 0.3) is 34.3 Å². The molecule has 0 aliphatic heterocycles. The molecular weight excluding hydrogens is 1970 g/mol. The van der Waals surface area contributed by atoms with Crippen LogP contribution in [-0.4, -0.2) is 67.7 Å². The van der Waals surface area contributed by atoms with Crippen LogP contribution in [-0.2, 0) is 0 Å². The monoisotopic (exact) mass is 2060 g/mol. The summed E-state index contributed by atoms with van der Waals surface area (Å²) in [7, 11) is 0. The van der Waals surface area contributed by atoms with Gasteiger partial charge in [-0.2, -0.15) is 0 Å². The predicted octanol–water partition coefficient (Wildman–Crippen LogP) is 29.4. The topological polar surface area (TPSA) is 371 Å². The molecule has 10 N–H and O–H groups in total. The molecule has 3 amide bonds. The lowest BCUT2D eigenvalue weighted by atomic mass is 10.1. The Morgan fingerprint density at radius 1 is 0.309 bits per heavy atom. The molecule has 0 unspecified atom stereocenters. The van der Waals surface area contributed by atoms with Gasteiger partial charge >= 0.3 is 0 Å². The molecule has 0 radical (unpaired) electrons. The number of para-hydroxylation sites is 2. The lowest BCUT2D eigenvalue weighted by Crippen LogP contribution is -2.11. The Labute approximate surface area is 861 Å². The maximum absolute atomic E-state index is 12.7. The van der Waals surface area contributed by atoms with Gasteiger partial charge in [-0.05, 0) is 291 Å². The van der Waals surface area contributed by atoms with Crippen LogP contribution >= 0.6 is 132 Å². The van der Waals surface area contributed by atoms with E-state index in [0.717, 1.165) is 100 Å². The fraction of sp³-hybridized carbons (Fsp3) is 0.0288. The molecule has 7 aromatic heterocycles. The third kappa shape index (κ3) is 40.0. The molecule has 7 heterocycles. The fourth-order valence-electron chi connectivity index (χ4n) is 11.2. The Bertz CT molecular complexity index is 6710. The van der Waals surface area contributed by atoms with Crippen LogP contribution in [0.1, 0.15) is 63.7 Å². The molecule has 24 nitrogen and oxygen atoms in total. The summed E-state index contributed by atoms with van der Waals surface area (Å²) in [5.41, 5.74) is 26.4. The molecule has 0 aliphatic rings. The number of thiol groups is 1. The second-order valence-electron chi connectivity index (χ2n) is 27.3. The molecule has 139 heavy (non-hydrogen) atoms. The van der Waals surface area contributed by atoms with E-state index in [1.165, 1.54) is 58.3 Å². The first kappa shape index (κ1) is 115. The Morgan fingerprint density at radius 3 is 0.892 bits per heavy atom. The van der Waals surface area contributed by atoms with Gasteiger partial charge < -0.3 is 38.5 Å². The number of non-ortho nitro benzene ring substituents is 2. The fourth-order valence-corrected chi connectivity index (χ4v) is 15.0. The number of carbonyl (C=O) groups excluding carboxylic acids is 4. The molecule has 0 fully saturated rings. The zero-order chi connectivity index (χ0) is 93.9. The number of halogens is 6. The minimum atomic E-state index is -0.620. The van der Waals surface area contributed by atoms with Crippen LogP contribution in [0.25, 0.3) is 21.8 Å². The molecule has 18 rings (SSSR count). The van der Waals surface area contributed by atoms with E-state index in [-0.39, 0.29) is 94.2 Å². The van der Waals surface area contributed by atoms with E-state index < -0.39 is 15.1 Å². The molecule has 0 atom stereocenters. The first-order chi connectivity index (χ1) is 64.6. The van der Waals surface area contributed by atoms with Crippen molar-refractivity contribution in [3.05, 3.63) is 467 Å². The third-order valence-electron chi connectivity index (χ3n) is 17.8. The molecule has 11 aromatic carbocycles. The average Bonchev–Trinajstić information content (AvgIpc) is 0.668. The number of nitro benzene ring substituents is 2. The zero-order valence-corrected chi connectivity index (χ0v) is 80.1. The Kier molecular flexibility index (Phi) is 51.0.